The number of nitrogens with one attached hydrogen (secondary N) is 1. The van der Waals surface area contributed by atoms with Gasteiger partial charge in [0.1, 0.15) is 16.8 Å². The monoisotopic (exact) mass is 446 g/mol. The van der Waals surface area contributed by atoms with Gasteiger partial charge >= 0.3 is 0 Å². The van der Waals surface area contributed by atoms with Crippen molar-refractivity contribution >= 4 is 17.2 Å². The van der Waals surface area contributed by atoms with Crippen LogP contribution in [0.25, 0.3) is 21.8 Å². The van der Waals surface area contributed by atoms with Crippen molar-refractivity contribution in [1.82, 2.24) is 20.1 Å². The van der Waals surface area contributed by atoms with E-state index in [1.165, 1.54) is 22.1 Å². The normalized spacial score (nSPS) is 11.7. The second-order valence-electron chi connectivity index (χ2n) is 7.13. The summed E-state index contributed by atoms with van der Waals surface area (Å²) < 4.78 is 6.37. The molecule has 0 saturated heterocycles. The van der Waals surface area contributed by atoms with Crippen LogP contribution in [0.2, 0.25) is 0 Å². The lowest BCUT2D eigenvalue weighted by Gasteiger charge is -2.14. The molecular weight excluding hydrogens is 424 g/mol. The maximum Gasteiger partial charge on any atom is 0.267 e. The Hall–Kier alpha value is -3.78. The van der Waals surface area contributed by atoms with Crippen molar-refractivity contribution in [3.63, 3.8) is 0 Å². The minimum Gasteiger partial charge on any atom is -0.497 e. The van der Waals surface area contributed by atoms with Crippen LogP contribution in [0.3, 0.4) is 0 Å². The minimum absolute atomic E-state index is 0.277. The van der Waals surface area contributed by atoms with E-state index in [2.05, 4.69) is 15.4 Å². The van der Waals surface area contributed by atoms with Crippen molar-refractivity contribution < 1.29 is 9.53 Å². The molecule has 2 heterocycles. The molecule has 2 aromatic carbocycles. The summed E-state index contributed by atoms with van der Waals surface area (Å²) in [6, 6.07) is 19.5. The summed E-state index contributed by atoms with van der Waals surface area (Å²) in [6.07, 6.45) is 0. The van der Waals surface area contributed by atoms with Crippen LogP contribution in [0.15, 0.2) is 76.9 Å². The van der Waals surface area contributed by atoms with Gasteiger partial charge in [0.05, 0.1) is 25.0 Å². The van der Waals surface area contributed by atoms with Crippen LogP contribution in [0, 0.1) is 0 Å². The van der Waals surface area contributed by atoms with Crippen LogP contribution in [0.4, 0.5) is 0 Å². The van der Waals surface area contributed by atoms with Crippen molar-refractivity contribution in [3.8, 4) is 27.6 Å². The number of benzene rings is 2. The first kappa shape index (κ1) is 21.5. The van der Waals surface area contributed by atoms with Gasteiger partial charge in [-0.15, -0.1) is 11.3 Å². The Morgan fingerprint density at radius 2 is 1.81 bits per heavy atom. The minimum atomic E-state index is -0.770. The summed E-state index contributed by atoms with van der Waals surface area (Å²) in [7, 11) is 1.60. The lowest BCUT2D eigenvalue weighted by atomic mass is 10.1. The van der Waals surface area contributed by atoms with Crippen molar-refractivity contribution in [2.24, 2.45) is 0 Å². The fraction of sp³-hybridized carbons (Fsp3) is 0.167. The molecule has 162 valence electrons. The van der Waals surface area contributed by atoms with Crippen LogP contribution < -0.4 is 15.6 Å². The SMILES string of the molecule is COc1ccc(-c2ccc(=O)n(C(C)C(=O)NCc3csc(-c4ccccc4)n3)n2)cc1. The third kappa shape index (κ3) is 4.76. The van der Waals surface area contributed by atoms with Gasteiger partial charge in [-0.2, -0.15) is 5.10 Å². The lowest BCUT2D eigenvalue weighted by Crippen LogP contribution is -2.36. The zero-order valence-electron chi connectivity index (χ0n) is 17.7. The van der Waals surface area contributed by atoms with Gasteiger partial charge in [0.15, 0.2) is 0 Å². The predicted octanol–water partition coefficient (Wildman–Crippen LogP) is 3.92. The second-order valence-corrected chi connectivity index (χ2v) is 7.99. The predicted molar refractivity (Wildman–Crippen MR) is 125 cm³/mol. The molecule has 0 aliphatic heterocycles. The number of hydrogen-bond acceptors (Lipinski definition) is 6. The molecule has 1 atom stereocenters. The number of hydrogen-bond donors (Lipinski definition) is 1. The molecule has 8 heteroatoms. The van der Waals surface area contributed by atoms with Crippen molar-refractivity contribution in [3.05, 3.63) is 88.2 Å². The fourth-order valence-electron chi connectivity index (χ4n) is 3.16. The number of carbonyl (C=O) groups is 1. The average molecular weight is 447 g/mol. The van der Waals surface area contributed by atoms with Crippen molar-refractivity contribution in [1.29, 1.82) is 0 Å². The molecule has 1 amide bonds. The molecule has 0 spiro atoms. The Kier molecular flexibility index (Phi) is 6.42. The lowest BCUT2D eigenvalue weighted by molar-refractivity contribution is -0.124. The number of aromatic nitrogens is 3. The first-order valence-corrected chi connectivity index (χ1v) is 10.9. The molecule has 2 aromatic heterocycles. The molecule has 0 saturated carbocycles. The number of thiazole rings is 1. The maximum absolute atomic E-state index is 12.7. The van der Waals surface area contributed by atoms with Crippen LogP contribution in [-0.4, -0.2) is 27.8 Å². The molecule has 7 nitrogen and oxygen atoms in total. The standard InChI is InChI=1S/C24H22N4O3S/c1-16(23(30)25-14-19-15-32-24(26-19)18-6-4-3-5-7-18)28-22(29)13-12-21(27-28)17-8-10-20(31-2)11-9-17/h3-13,15-16H,14H2,1-2H3,(H,25,30). The number of amides is 1. The molecule has 4 rings (SSSR count). The highest BCUT2D eigenvalue weighted by Gasteiger charge is 2.18. The average Bonchev–Trinajstić information content (AvgIpc) is 3.32. The van der Waals surface area contributed by atoms with Gasteiger partial charge in [-0.3, -0.25) is 9.59 Å². The van der Waals surface area contributed by atoms with Crippen LogP contribution in [0.5, 0.6) is 5.75 Å². The molecule has 0 fully saturated rings. The Balaban J connectivity index is 1.45. The van der Waals surface area contributed by atoms with E-state index in [1.54, 1.807) is 20.1 Å². The number of methoxy groups -OCH3 is 1. The topological polar surface area (TPSA) is 86.1 Å². The number of ether oxygens (including phenoxy) is 1. The van der Waals surface area contributed by atoms with E-state index in [0.717, 1.165) is 27.6 Å². The highest BCUT2D eigenvalue weighted by molar-refractivity contribution is 7.13. The van der Waals surface area contributed by atoms with Crippen LogP contribution in [-0.2, 0) is 11.3 Å². The third-order valence-corrected chi connectivity index (χ3v) is 5.91. The maximum atomic E-state index is 12.7. The smallest absolute Gasteiger partial charge is 0.267 e. The molecule has 4 aromatic rings. The van der Waals surface area contributed by atoms with E-state index < -0.39 is 6.04 Å². The van der Waals surface area contributed by atoms with Gasteiger partial charge < -0.3 is 10.1 Å². The summed E-state index contributed by atoms with van der Waals surface area (Å²) in [4.78, 5) is 29.7. The second kappa shape index (κ2) is 9.57. The third-order valence-electron chi connectivity index (χ3n) is 4.97. The molecule has 0 aliphatic carbocycles. The molecule has 0 radical (unpaired) electrons. The molecule has 0 bridgehead atoms. The molecule has 0 aliphatic rings. The highest BCUT2D eigenvalue weighted by atomic mass is 32.1. The van der Waals surface area contributed by atoms with Crippen LogP contribution in [0.1, 0.15) is 18.7 Å². The van der Waals surface area contributed by atoms with Crippen molar-refractivity contribution in [2.45, 2.75) is 19.5 Å². The molecular formula is C24H22N4O3S. The highest BCUT2D eigenvalue weighted by Crippen LogP contribution is 2.23. The van der Waals surface area contributed by atoms with E-state index in [4.69, 9.17) is 4.74 Å². The molecule has 1 unspecified atom stereocenters. The summed E-state index contributed by atoms with van der Waals surface area (Å²) in [5, 5.41) is 10.1. The van der Waals surface area contributed by atoms with Gasteiger partial charge in [0.2, 0.25) is 5.91 Å². The van der Waals surface area contributed by atoms with E-state index in [0.29, 0.717) is 5.69 Å². The van der Waals surface area contributed by atoms with Gasteiger partial charge in [-0.25, -0.2) is 9.67 Å². The van der Waals surface area contributed by atoms with Crippen molar-refractivity contribution in [2.75, 3.05) is 7.11 Å². The van der Waals surface area contributed by atoms with E-state index in [-0.39, 0.29) is 18.0 Å². The number of nitrogens with zero attached hydrogens (tertiary/aromatic N) is 3. The Morgan fingerprint density at radius 1 is 1.06 bits per heavy atom. The summed E-state index contributed by atoms with van der Waals surface area (Å²) in [5.41, 5.74) is 2.88. The zero-order chi connectivity index (χ0) is 22.5. The van der Waals surface area contributed by atoms with Gasteiger partial charge in [0.25, 0.3) is 5.56 Å². The quantitative estimate of drug-likeness (QED) is 0.465. The Morgan fingerprint density at radius 3 is 2.53 bits per heavy atom. The van der Waals surface area contributed by atoms with Gasteiger partial charge in [-0.1, -0.05) is 30.3 Å². The van der Waals surface area contributed by atoms with E-state index >= 15 is 0 Å². The first-order chi connectivity index (χ1) is 15.5. The van der Waals surface area contributed by atoms with Crippen LogP contribution >= 0.6 is 11.3 Å². The van der Waals surface area contributed by atoms with E-state index in [1.807, 2.05) is 60.0 Å². The number of rotatable bonds is 7. The summed E-state index contributed by atoms with van der Waals surface area (Å²) in [6.45, 7) is 1.93. The van der Waals surface area contributed by atoms with Gasteiger partial charge in [-0.05, 0) is 37.3 Å². The molecule has 1 N–H and O–H groups in total. The Bertz CT molecular complexity index is 1270. The Labute approximate surface area is 189 Å². The summed E-state index contributed by atoms with van der Waals surface area (Å²) >= 11 is 1.52. The van der Waals surface area contributed by atoms with E-state index in [9.17, 15) is 9.59 Å². The largest absolute Gasteiger partial charge is 0.497 e. The van der Waals surface area contributed by atoms with Gasteiger partial charge in [0, 0.05) is 22.6 Å². The number of carbonyl (C=O) groups excluding carboxylic acids is 1. The first-order valence-electron chi connectivity index (χ1n) is 10.1. The summed E-state index contributed by atoms with van der Waals surface area (Å²) in [5.74, 6) is 0.424. The molecule has 32 heavy (non-hydrogen) atoms. The zero-order valence-corrected chi connectivity index (χ0v) is 18.5. The fourth-order valence-corrected chi connectivity index (χ4v) is 3.98.